The zero-order valence-corrected chi connectivity index (χ0v) is 20.0. The largest absolute Gasteiger partial charge is 0.497 e. The Balaban J connectivity index is 1.48. The molecule has 3 N–H and O–H groups in total. The number of hydrogen-bond donors (Lipinski definition) is 2. The number of amides is 3. The quantitative estimate of drug-likeness (QED) is 0.505. The van der Waals surface area contributed by atoms with Crippen molar-refractivity contribution in [3.8, 4) is 5.75 Å². The number of sulfonamides is 1. The molecule has 4 rings (SSSR count). The molecule has 1 aliphatic heterocycles. The molecule has 1 heterocycles. The fourth-order valence-corrected chi connectivity index (χ4v) is 5.22. The minimum atomic E-state index is -4.06. The molecule has 3 amide bonds. The predicted octanol–water partition coefficient (Wildman–Crippen LogP) is 2.30. The van der Waals surface area contributed by atoms with Crippen LogP contribution in [0, 0.1) is 0 Å². The van der Waals surface area contributed by atoms with E-state index in [0.717, 1.165) is 28.3 Å². The van der Waals surface area contributed by atoms with Gasteiger partial charge in [0.25, 0.3) is 0 Å². The molecular formula is C24H30N4O5S. The molecule has 2 fully saturated rings. The molecule has 2 aromatic rings. The summed E-state index contributed by atoms with van der Waals surface area (Å²) in [6.07, 6.45) is 3.87. The van der Waals surface area contributed by atoms with Crippen LogP contribution in [-0.2, 0) is 21.2 Å². The summed E-state index contributed by atoms with van der Waals surface area (Å²) < 4.78 is 29.7. The van der Waals surface area contributed by atoms with Crippen molar-refractivity contribution in [2.24, 2.45) is 5.73 Å². The van der Waals surface area contributed by atoms with Crippen LogP contribution in [0.3, 0.4) is 0 Å². The molecule has 1 unspecified atom stereocenters. The Morgan fingerprint density at radius 1 is 1.09 bits per heavy atom. The van der Waals surface area contributed by atoms with Gasteiger partial charge in [-0.1, -0.05) is 36.4 Å². The molecule has 0 radical (unpaired) electrons. The lowest BCUT2D eigenvalue weighted by molar-refractivity contribution is -0.115. The number of hydrazine groups is 1. The third-order valence-electron chi connectivity index (χ3n) is 6.18. The van der Waals surface area contributed by atoms with Gasteiger partial charge in [0.1, 0.15) is 11.5 Å². The fraction of sp³-hybridized carbons (Fsp3) is 0.417. The summed E-state index contributed by atoms with van der Waals surface area (Å²) in [6, 6.07) is 15.2. The summed E-state index contributed by atoms with van der Waals surface area (Å²) in [4.78, 5) is 28.2. The van der Waals surface area contributed by atoms with Crippen LogP contribution in [0.1, 0.15) is 47.9 Å². The lowest BCUT2D eigenvalue weighted by Gasteiger charge is -2.23. The van der Waals surface area contributed by atoms with Crippen molar-refractivity contribution >= 4 is 22.0 Å². The second-order valence-corrected chi connectivity index (χ2v) is 10.5. The van der Waals surface area contributed by atoms with E-state index in [1.54, 1.807) is 12.0 Å². The van der Waals surface area contributed by atoms with Gasteiger partial charge in [0.15, 0.2) is 0 Å². The van der Waals surface area contributed by atoms with Gasteiger partial charge >= 0.3 is 6.03 Å². The van der Waals surface area contributed by atoms with E-state index in [9.17, 15) is 18.0 Å². The molecule has 34 heavy (non-hydrogen) atoms. The second-order valence-electron chi connectivity index (χ2n) is 8.81. The van der Waals surface area contributed by atoms with Gasteiger partial charge in [0.2, 0.25) is 15.9 Å². The van der Waals surface area contributed by atoms with Crippen molar-refractivity contribution < 1.29 is 22.7 Å². The fourth-order valence-electron chi connectivity index (χ4n) is 4.29. The third kappa shape index (κ3) is 5.87. The summed E-state index contributed by atoms with van der Waals surface area (Å²) >= 11 is 0. The molecule has 2 aromatic carbocycles. The first kappa shape index (κ1) is 24.0. The maximum absolute atomic E-state index is 13.2. The Kier molecular flexibility index (Phi) is 7.08. The third-order valence-corrected chi connectivity index (χ3v) is 7.35. The number of urea groups is 1. The number of nitrogens with zero attached hydrogens (tertiary/aromatic N) is 2. The lowest BCUT2D eigenvalue weighted by atomic mass is 10.0. The Bertz CT molecular complexity index is 1130. The number of carbonyl (C=O) groups is 2. The van der Waals surface area contributed by atoms with Crippen LogP contribution < -0.4 is 15.3 Å². The number of nitrogens with one attached hydrogen (secondary N) is 1. The molecule has 10 heteroatoms. The van der Waals surface area contributed by atoms with Gasteiger partial charge in [-0.15, -0.1) is 4.83 Å². The Morgan fingerprint density at radius 2 is 1.74 bits per heavy atom. The van der Waals surface area contributed by atoms with E-state index >= 15 is 0 Å². The standard InChI is InChI=1S/C24H30N4O5S/c1-33-21-12-4-17(5-13-21)3-2-14-27-22(20-10-8-19(9-11-20)18-6-7-18)15-28(24(27)30)26-34(31,32)16-23(25)29/h4-5,8-13,18,22,26H,2-3,6-7,14-16H2,1H3,(H2,25,29). The molecule has 2 aliphatic rings. The van der Waals surface area contributed by atoms with Crippen LogP contribution in [-0.4, -0.2) is 56.2 Å². The maximum atomic E-state index is 13.2. The van der Waals surface area contributed by atoms with E-state index in [2.05, 4.69) is 17.0 Å². The van der Waals surface area contributed by atoms with Crippen molar-refractivity contribution in [1.29, 1.82) is 0 Å². The van der Waals surface area contributed by atoms with E-state index in [-0.39, 0.29) is 12.6 Å². The van der Waals surface area contributed by atoms with Gasteiger partial charge < -0.3 is 15.4 Å². The van der Waals surface area contributed by atoms with Crippen LogP contribution in [0.5, 0.6) is 5.75 Å². The minimum absolute atomic E-state index is 0.141. The van der Waals surface area contributed by atoms with Crippen LogP contribution >= 0.6 is 0 Å². The van der Waals surface area contributed by atoms with E-state index in [1.807, 2.05) is 36.4 Å². The molecule has 1 atom stereocenters. The van der Waals surface area contributed by atoms with Gasteiger partial charge in [-0.3, -0.25) is 4.79 Å². The number of benzene rings is 2. The monoisotopic (exact) mass is 486 g/mol. The van der Waals surface area contributed by atoms with Gasteiger partial charge in [0.05, 0.1) is 19.7 Å². The lowest BCUT2D eigenvalue weighted by Crippen LogP contribution is -2.47. The number of rotatable bonds is 11. The highest BCUT2D eigenvalue weighted by atomic mass is 32.2. The van der Waals surface area contributed by atoms with Crippen molar-refractivity contribution in [2.45, 2.75) is 37.6 Å². The predicted molar refractivity (Wildman–Crippen MR) is 127 cm³/mol. The first-order chi connectivity index (χ1) is 16.3. The average Bonchev–Trinajstić information content (AvgIpc) is 3.60. The van der Waals surface area contributed by atoms with Gasteiger partial charge in [0, 0.05) is 6.54 Å². The highest BCUT2D eigenvalue weighted by Crippen LogP contribution is 2.40. The smallest absolute Gasteiger partial charge is 0.335 e. The molecule has 0 bridgehead atoms. The highest BCUT2D eigenvalue weighted by Gasteiger charge is 2.40. The molecular weight excluding hydrogens is 456 g/mol. The molecule has 1 saturated carbocycles. The van der Waals surface area contributed by atoms with Crippen LogP contribution in [0.15, 0.2) is 48.5 Å². The summed E-state index contributed by atoms with van der Waals surface area (Å²) in [5, 5.41) is 1.06. The number of hydrogen-bond acceptors (Lipinski definition) is 5. The van der Waals surface area contributed by atoms with Crippen molar-refractivity contribution in [1.82, 2.24) is 14.7 Å². The minimum Gasteiger partial charge on any atom is -0.497 e. The number of primary amides is 1. The van der Waals surface area contributed by atoms with E-state index in [0.29, 0.717) is 18.9 Å². The number of ether oxygens (including phenoxy) is 1. The molecule has 182 valence electrons. The number of aryl methyl sites for hydroxylation is 1. The van der Waals surface area contributed by atoms with E-state index < -0.39 is 27.7 Å². The highest BCUT2D eigenvalue weighted by molar-refractivity contribution is 7.90. The number of carbonyl (C=O) groups excluding carboxylic acids is 2. The van der Waals surface area contributed by atoms with Crippen molar-refractivity contribution in [3.05, 3.63) is 65.2 Å². The topological polar surface area (TPSA) is 122 Å². The summed E-state index contributed by atoms with van der Waals surface area (Å²) in [7, 11) is -2.44. The summed E-state index contributed by atoms with van der Waals surface area (Å²) in [5.74, 6) is -0.457. The Morgan fingerprint density at radius 3 is 2.32 bits per heavy atom. The van der Waals surface area contributed by atoms with Gasteiger partial charge in [-0.05, 0) is 60.4 Å². The summed E-state index contributed by atoms with van der Waals surface area (Å²) in [5.41, 5.74) is 8.39. The molecule has 1 aliphatic carbocycles. The zero-order valence-electron chi connectivity index (χ0n) is 19.1. The summed E-state index contributed by atoms with van der Waals surface area (Å²) in [6.45, 7) is 0.593. The van der Waals surface area contributed by atoms with E-state index in [4.69, 9.17) is 10.5 Å². The normalized spacial score (nSPS) is 18.4. The maximum Gasteiger partial charge on any atom is 0.335 e. The first-order valence-corrected chi connectivity index (χ1v) is 13.0. The second kappa shape index (κ2) is 10.0. The number of nitrogens with two attached hydrogens (primary N) is 1. The Hall–Kier alpha value is -3.11. The van der Waals surface area contributed by atoms with Gasteiger partial charge in [-0.2, -0.15) is 0 Å². The van der Waals surface area contributed by atoms with E-state index in [1.165, 1.54) is 18.4 Å². The van der Waals surface area contributed by atoms with Gasteiger partial charge in [-0.25, -0.2) is 18.2 Å². The SMILES string of the molecule is COc1ccc(CCCN2C(=O)N(NS(=O)(=O)CC(N)=O)CC2c2ccc(C3CC3)cc2)cc1. The van der Waals surface area contributed by atoms with Crippen LogP contribution in [0.4, 0.5) is 4.79 Å². The molecule has 0 spiro atoms. The number of methoxy groups -OCH3 is 1. The molecule has 0 aromatic heterocycles. The van der Waals surface area contributed by atoms with Crippen LogP contribution in [0.25, 0.3) is 0 Å². The Labute approximate surface area is 199 Å². The average molecular weight is 487 g/mol. The van der Waals surface area contributed by atoms with Crippen molar-refractivity contribution in [3.63, 3.8) is 0 Å². The van der Waals surface area contributed by atoms with Crippen LogP contribution in [0.2, 0.25) is 0 Å². The van der Waals surface area contributed by atoms with Crippen molar-refractivity contribution in [2.75, 3.05) is 26.0 Å². The zero-order chi connectivity index (χ0) is 24.3. The molecule has 1 saturated heterocycles. The molecule has 9 nitrogen and oxygen atoms in total. The first-order valence-electron chi connectivity index (χ1n) is 11.3.